The molecular weight excluding hydrogens is 560 g/mol. The Morgan fingerprint density at radius 3 is 2.27 bits per heavy atom. The summed E-state index contributed by atoms with van der Waals surface area (Å²) in [5.41, 5.74) is 3.64. The van der Waals surface area contributed by atoms with Gasteiger partial charge in [-0.1, -0.05) is 51.0 Å². The summed E-state index contributed by atoms with van der Waals surface area (Å²) >= 11 is 0. The zero-order chi connectivity index (χ0) is 32.1. The highest BCUT2D eigenvalue weighted by atomic mass is 19.1. The van der Waals surface area contributed by atoms with Crippen LogP contribution in [0.5, 0.6) is 0 Å². The zero-order valence-corrected chi connectivity index (χ0v) is 26.1. The highest BCUT2D eigenvalue weighted by molar-refractivity contribution is 6.00. The topological polar surface area (TPSA) is 81.7 Å². The lowest BCUT2D eigenvalue weighted by Gasteiger charge is -2.35. The summed E-state index contributed by atoms with van der Waals surface area (Å²) in [6, 6.07) is 15.3. The van der Waals surface area contributed by atoms with Crippen LogP contribution in [0.2, 0.25) is 0 Å². The Labute approximate surface area is 259 Å². The van der Waals surface area contributed by atoms with Crippen molar-refractivity contribution in [3.8, 4) is 11.8 Å². The second-order valence-electron chi connectivity index (χ2n) is 10.8. The van der Waals surface area contributed by atoms with Gasteiger partial charge in [0, 0.05) is 48.9 Å². The fraction of sp³-hybridized carbons (Fsp3) is 0.389. The Hall–Kier alpha value is -4.06. The molecule has 2 amide bonds. The zero-order valence-electron chi connectivity index (χ0n) is 26.1. The minimum Gasteiger partial charge on any atom is -0.390 e. The third-order valence-electron chi connectivity index (χ3n) is 7.27. The number of halogens is 2. The molecule has 0 saturated heterocycles. The lowest BCUT2D eigenvalue weighted by Crippen LogP contribution is -2.51. The van der Waals surface area contributed by atoms with Crippen molar-refractivity contribution in [1.82, 2.24) is 15.5 Å². The van der Waals surface area contributed by atoms with Gasteiger partial charge >= 0.3 is 0 Å². The fourth-order valence-corrected chi connectivity index (χ4v) is 5.15. The molecule has 0 saturated carbocycles. The first-order valence-electron chi connectivity index (χ1n) is 15.3. The summed E-state index contributed by atoms with van der Waals surface area (Å²) in [5, 5.41) is 17.6. The molecule has 2 atom stereocenters. The van der Waals surface area contributed by atoms with Crippen LogP contribution in [0.1, 0.15) is 83.5 Å². The summed E-state index contributed by atoms with van der Waals surface area (Å²) in [7, 11) is 0. The second kappa shape index (κ2) is 17.3. The van der Waals surface area contributed by atoms with Crippen LogP contribution >= 0.6 is 0 Å². The number of amides is 2. The number of hydrogen-bond donors (Lipinski definition) is 3. The van der Waals surface area contributed by atoms with Crippen molar-refractivity contribution in [2.45, 2.75) is 72.1 Å². The third-order valence-corrected chi connectivity index (χ3v) is 7.27. The number of nitrogens with zero attached hydrogens (tertiary/aromatic N) is 1. The molecule has 44 heavy (non-hydrogen) atoms. The predicted octanol–water partition coefficient (Wildman–Crippen LogP) is 5.65. The van der Waals surface area contributed by atoms with E-state index in [0.29, 0.717) is 36.2 Å². The minimum atomic E-state index is -1.07. The van der Waals surface area contributed by atoms with Crippen molar-refractivity contribution in [2.24, 2.45) is 0 Å². The molecule has 0 fully saturated rings. The molecule has 0 unspecified atom stereocenters. The van der Waals surface area contributed by atoms with Gasteiger partial charge in [-0.25, -0.2) is 8.78 Å². The van der Waals surface area contributed by atoms with E-state index < -0.39 is 29.7 Å². The van der Waals surface area contributed by atoms with Crippen molar-refractivity contribution in [1.29, 1.82) is 0 Å². The van der Waals surface area contributed by atoms with E-state index >= 15 is 0 Å². The Kier molecular flexibility index (Phi) is 13.5. The van der Waals surface area contributed by atoms with Crippen molar-refractivity contribution < 1.29 is 23.5 Å². The molecule has 0 aliphatic rings. The van der Waals surface area contributed by atoms with Gasteiger partial charge in [0.25, 0.3) is 11.8 Å². The minimum absolute atomic E-state index is 0.0207. The smallest absolute Gasteiger partial charge is 0.254 e. The first kappa shape index (κ1) is 34.4. The van der Waals surface area contributed by atoms with Gasteiger partial charge in [0.1, 0.15) is 11.6 Å². The third kappa shape index (κ3) is 10.0. The number of aliphatic hydroxyl groups excluding tert-OH is 1. The summed E-state index contributed by atoms with van der Waals surface area (Å²) in [6.45, 7) is 9.02. The number of hydrogen-bond acceptors (Lipinski definition) is 4. The first-order chi connectivity index (χ1) is 21.2. The molecule has 3 rings (SSSR count). The summed E-state index contributed by atoms with van der Waals surface area (Å²) in [4.78, 5) is 28.6. The van der Waals surface area contributed by atoms with Crippen molar-refractivity contribution >= 4 is 11.8 Å². The van der Waals surface area contributed by atoms with E-state index in [-0.39, 0.29) is 31.0 Å². The maximum Gasteiger partial charge on any atom is 0.254 e. The molecule has 6 nitrogen and oxygen atoms in total. The monoisotopic (exact) mass is 603 g/mol. The van der Waals surface area contributed by atoms with Crippen LogP contribution in [-0.2, 0) is 19.4 Å². The number of carbonyl (C=O) groups is 2. The summed E-state index contributed by atoms with van der Waals surface area (Å²) < 4.78 is 28.4. The molecule has 3 N–H and O–H groups in total. The van der Waals surface area contributed by atoms with Crippen molar-refractivity contribution in [3.05, 3.63) is 106 Å². The van der Waals surface area contributed by atoms with E-state index in [2.05, 4.69) is 41.5 Å². The van der Waals surface area contributed by atoms with E-state index in [0.717, 1.165) is 24.5 Å². The van der Waals surface area contributed by atoms with Crippen molar-refractivity contribution in [2.75, 3.05) is 19.6 Å². The van der Waals surface area contributed by atoms with Gasteiger partial charge in [0.2, 0.25) is 0 Å². The van der Waals surface area contributed by atoms with E-state index in [1.807, 2.05) is 26.0 Å². The highest BCUT2D eigenvalue weighted by Gasteiger charge is 2.31. The van der Waals surface area contributed by atoms with Crippen LogP contribution in [0.3, 0.4) is 0 Å². The Morgan fingerprint density at radius 1 is 0.909 bits per heavy atom. The Morgan fingerprint density at radius 2 is 1.61 bits per heavy atom. The average Bonchev–Trinajstić information content (AvgIpc) is 3.00. The SMILES string of the molecule is CC#Cc1cc(C(=O)NCCC)cc(C(=O)N(CCC)[C@@H](Cc2cc(F)cc(F)c2)[C@H](O)CNCc2cccc(CC)c2)c1. The maximum atomic E-state index is 14.2. The lowest BCUT2D eigenvalue weighted by molar-refractivity contribution is 0.0353. The molecule has 0 radical (unpaired) electrons. The van der Waals surface area contributed by atoms with E-state index in [1.54, 1.807) is 24.0 Å². The number of aliphatic hydroxyl groups is 1. The number of carbonyl (C=O) groups excluding carboxylic acids is 2. The number of nitrogens with one attached hydrogen (secondary N) is 2. The highest BCUT2D eigenvalue weighted by Crippen LogP contribution is 2.21. The molecule has 0 aromatic heterocycles. The quantitative estimate of drug-likeness (QED) is 0.196. The predicted molar refractivity (Wildman–Crippen MR) is 170 cm³/mol. The first-order valence-corrected chi connectivity index (χ1v) is 15.3. The van der Waals surface area contributed by atoms with Gasteiger partial charge in [-0.2, -0.15) is 0 Å². The van der Waals surface area contributed by atoms with Crippen LogP contribution in [0.4, 0.5) is 8.78 Å². The molecule has 0 bridgehead atoms. The van der Waals surface area contributed by atoms with Crippen LogP contribution in [0, 0.1) is 23.5 Å². The summed E-state index contributed by atoms with van der Waals surface area (Å²) in [5.74, 6) is 3.57. The number of benzene rings is 3. The lowest BCUT2D eigenvalue weighted by atomic mass is 9.97. The van der Waals surface area contributed by atoms with Gasteiger partial charge in [0.05, 0.1) is 12.1 Å². The van der Waals surface area contributed by atoms with Gasteiger partial charge in [-0.15, -0.1) is 5.92 Å². The number of rotatable bonds is 15. The Bertz CT molecular complexity index is 1460. The molecule has 234 valence electrons. The average molecular weight is 604 g/mol. The van der Waals surface area contributed by atoms with Crippen LogP contribution in [-0.4, -0.2) is 53.6 Å². The molecule has 3 aromatic rings. The van der Waals surface area contributed by atoms with Gasteiger partial charge in [-0.05, 0) is 79.6 Å². The summed E-state index contributed by atoms with van der Waals surface area (Å²) in [6.07, 6.45) is 1.19. The standard InChI is InChI=1S/C36H43F2N3O3/c1-5-10-26-16-29(35(43)40-13-6-2)21-30(17-26)36(44)41(14-7-3)33(20-28-18-31(37)22-32(38)19-28)34(42)24-39-23-27-12-9-11-25(8-4)15-27/h9,11-12,15-19,21-22,33-34,39,42H,6-8,13-14,20,23-24H2,1-4H3,(H,40,43)/t33-,34+/m0/s1. The second-order valence-corrected chi connectivity index (χ2v) is 10.8. The molecule has 0 aliphatic carbocycles. The van der Waals surface area contributed by atoms with Gasteiger partial charge in [0.15, 0.2) is 0 Å². The molecule has 0 spiro atoms. The number of aryl methyl sites for hydroxylation is 1. The van der Waals surface area contributed by atoms with Crippen LogP contribution in [0.15, 0.2) is 60.7 Å². The normalized spacial score (nSPS) is 12.2. The van der Waals surface area contributed by atoms with Gasteiger partial charge < -0.3 is 20.6 Å². The van der Waals surface area contributed by atoms with Crippen molar-refractivity contribution in [3.63, 3.8) is 0 Å². The Balaban J connectivity index is 1.97. The van der Waals surface area contributed by atoms with E-state index in [1.165, 1.54) is 23.8 Å². The van der Waals surface area contributed by atoms with Gasteiger partial charge in [-0.3, -0.25) is 9.59 Å². The largest absolute Gasteiger partial charge is 0.390 e. The van der Waals surface area contributed by atoms with Crippen LogP contribution in [0.25, 0.3) is 0 Å². The molecule has 3 aromatic carbocycles. The molecular formula is C36H43F2N3O3. The maximum absolute atomic E-state index is 14.2. The molecule has 0 aliphatic heterocycles. The molecule has 0 heterocycles. The van der Waals surface area contributed by atoms with E-state index in [4.69, 9.17) is 0 Å². The van der Waals surface area contributed by atoms with E-state index in [9.17, 15) is 23.5 Å². The van der Waals surface area contributed by atoms with Crippen LogP contribution < -0.4 is 10.6 Å². The molecule has 8 heteroatoms. The fourth-order valence-electron chi connectivity index (χ4n) is 5.15.